The molecule has 1 atom stereocenters. The zero-order chi connectivity index (χ0) is 12.8. The normalized spacial score (nSPS) is 22.2. The van der Waals surface area contributed by atoms with E-state index in [1.807, 2.05) is 24.0 Å². The number of nitrogens with zero attached hydrogens (tertiary/aromatic N) is 2. The van der Waals surface area contributed by atoms with Crippen molar-refractivity contribution in [1.29, 1.82) is 0 Å². The van der Waals surface area contributed by atoms with E-state index in [-0.39, 0.29) is 0 Å². The standard InChI is InChI=1S/C13H14N2O2S/c1-10-2-4-12(5-3-10)18(16,17)13-6-11-7-14-9-15(11)8-13/h2-7,13H,8-9H2,1H3. The topological polar surface area (TPSA) is 49.7 Å². The number of aliphatic imine (C=N–C) groups is 1. The van der Waals surface area contributed by atoms with Crippen LogP contribution in [0, 0.1) is 6.92 Å². The molecule has 1 aromatic carbocycles. The van der Waals surface area contributed by atoms with Gasteiger partial charge in [0.05, 0.1) is 10.6 Å². The monoisotopic (exact) mass is 262 g/mol. The molecule has 0 N–H and O–H groups in total. The van der Waals surface area contributed by atoms with E-state index in [2.05, 4.69) is 4.99 Å². The van der Waals surface area contributed by atoms with Gasteiger partial charge in [-0.2, -0.15) is 0 Å². The molecule has 0 aromatic heterocycles. The molecule has 5 heteroatoms. The molecule has 0 saturated heterocycles. The summed E-state index contributed by atoms with van der Waals surface area (Å²) in [6.45, 7) is 3.03. The van der Waals surface area contributed by atoms with Crippen molar-refractivity contribution in [2.24, 2.45) is 4.99 Å². The van der Waals surface area contributed by atoms with Gasteiger partial charge < -0.3 is 4.90 Å². The lowest BCUT2D eigenvalue weighted by atomic mass is 10.2. The van der Waals surface area contributed by atoms with Crippen LogP contribution in [0.1, 0.15) is 5.56 Å². The van der Waals surface area contributed by atoms with Gasteiger partial charge in [0.15, 0.2) is 9.84 Å². The minimum Gasteiger partial charge on any atom is -0.350 e. The van der Waals surface area contributed by atoms with Crippen LogP contribution in [0.25, 0.3) is 0 Å². The third-order valence-electron chi connectivity index (χ3n) is 3.35. The minimum absolute atomic E-state index is 0.396. The second kappa shape index (κ2) is 3.95. The highest BCUT2D eigenvalue weighted by atomic mass is 32.2. The Kier molecular flexibility index (Phi) is 2.52. The van der Waals surface area contributed by atoms with Crippen LogP contribution in [0.2, 0.25) is 0 Å². The number of hydrogen-bond acceptors (Lipinski definition) is 4. The average Bonchev–Trinajstić information content (AvgIpc) is 2.89. The Morgan fingerprint density at radius 2 is 2.00 bits per heavy atom. The summed E-state index contributed by atoms with van der Waals surface area (Å²) in [5.74, 6) is 0. The molecule has 2 heterocycles. The molecule has 2 aliphatic heterocycles. The summed E-state index contributed by atoms with van der Waals surface area (Å²) >= 11 is 0. The summed E-state index contributed by atoms with van der Waals surface area (Å²) in [6.07, 6.45) is 3.54. The highest BCUT2D eigenvalue weighted by molar-refractivity contribution is 7.92. The first-order valence-electron chi connectivity index (χ1n) is 5.84. The van der Waals surface area contributed by atoms with Gasteiger partial charge in [0.1, 0.15) is 11.9 Å². The van der Waals surface area contributed by atoms with Crippen molar-refractivity contribution >= 4 is 16.1 Å². The van der Waals surface area contributed by atoms with Gasteiger partial charge in [-0.3, -0.25) is 4.99 Å². The molecule has 0 saturated carbocycles. The lowest BCUT2D eigenvalue weighted by molar-refractivity contribution is 0.422. The quantitative estimate of drug-likeness (QED) is 0.809. The maximum atomic E-state index is 12.5. The zero-order valence-electron chi connectivity index (χ0n) is 10.1. The van der Waals surface area contributed by atoms with Crippen LogP contribution in [0.4, 0.5) is 0 Å². The third-order valence-corrected chi connectivity index (χ3v) is 5.36. The first kappa shape index (κ1) is 11.5. The number of rotatable bonds is 2. The largest absolute Gasteiger partial charge is 0.350 e. The Morgan fingerprint density at radius 1 is 1.28 bits per heavy atom. The molecule has 0 spiro atoms. The molecule has 18 heavy (non-hydrogen) atoms. The molecule has 0 amide bonds. The SMILES string of the molecule is Cc1ccc(S(=O)(=O)C2C=C3C=NCN3C2)cc1. The van der Waals surface area contributed by atoms with Crippen LogP contribution in [0.15, 0.2) is 45.9 Å². The summed E-state index contributed by atoms with van der Waals surface area (Å²) in [5, 5.41) is -0.457. The summed E-state index contributed by atoms with van der Waals surface area (Å²) in [6, 6.07) is 7.02. The molecule has 1 aromatic rings. The molecule has 1 unspecified atom stereocenters. The van der Waals surface area contributed by atoms with Gasteiger partial charge in [0.25, 0.3) is 0 Å². The van der Waals surface area contributed by atoms with E-state index in [4.69, 9.17) is 0 Å². The number of benzene rings is 1. The van der Waals surface area contributed by atoms with Crippen LogP contribution >= 0.6 is 0 Å². The van der Waals surface area contributed by atoms with E-state index < -0.39 is 15.1 Å². The van der Waals surface area contributed by atoms with E-state index in [0.717, 1.165) is 11.3 Å². The number of sulfone groups is 1. The molecule has 0 fully saturated rings. The lowest BCUT2D eigenvalue weighted by Crippen LogP contribution is -2.27. The van der Waals surface area contributed by atoms with Crippen molar-refractivity contribution in [3.8, 4) is 0 Å². The predicted octanol–water partition coefficient (Wildman–Crippen LogP) is 1.38. The maximum absolute atomic E-state index is 12.5. The first-order chi connectivity index (χ1) is 8.57. The summed E-state index contributed by atoms with van der Waals surface area (Å²) in [4.78, 5) is 6.49. The van der Waals surface area contributed by atoms with E-state index >= 15 is 0 Å². The highest BCUT2D eigenvalue weighted by Gasteiger charge is 2.34. The third kappa shape index (κ3) is 1.75. The van der Waals surface area contributed by atoms with Crippen LogP contribution in [-0.2, 0) is 9.84 Å². The fourth-order valence-electron chi connectivity index (χ4n) is 2.26. The van der Waals surface area contributed by atoms with Crippen molar-refractivity contribution in [3.05, 3.63) is 41.6 Å². The van der Waals surface area contributed by atoms with Crippen molar-refractivity contribution in [1.82, 2.24) is 4.90 Å². The Labute approximate surface area is 107 Å². The van der Waals surface area contributed by atoms with Gasteiger partial charge in [0, 0.05) is 12.8 Å². The number of aryl methyl sites for hydroxylation is 1. The number of hydrogen-bond donors (Lipinski definition) is 0. The van der Waals surface area contributed by atoms with Crippen LogP contribution in [0.5, 0.6) is 0 Å². The second-order valence-corrected chi connectivity index (χ2v) is 6.83. The minimum atomic E-state index is -3.28. The van der Waals surface area contributed by atoms with Crippen LogP contribution in [-0.4, -0.2) is 38.0 Å². The maximum Gasteiger partial charge on any atom is 0.186 e. The Bertz CT molecular complexity index is 629. The van der Waals surface area contributed by atoms with Gasteiger partial charge in [-0.25, -0.2) is 8.42 Å². The van der Waals surface area contributed by atoms with E-state index in [0.29, 0.717) is 18.1 Å². The molecule has 94 valence electrons. The van der Waals surface area contributed by atoms with Crippen molar-refractivity contribution < 1.29 is 8.42 Å². The summed E-state index contributed by atoms with van der Waals surface area (Å²) in [5.41, 5.74) is 1.99. The average molecular weight is 262 g/mol. The molecular weight excluding hydrogens is 248 g/mol. The van der Waals surface area contributed by atoms with Crippen LogP contribution < -0.4 is 0 Å². The Morgan fingerprint density at radius 3 is 2.67 bits per heavy atom. The molecule has 4 nitrogen and oxygen atoms in total. The highest BCUT2D eigenvalue weighted by Crippen LogP contribution is 2.26. The molecular formula is C13H14N2O2S. The second-order valence-electron chi connectivity index (χ2n) is 4.66. The molecule has 3 rings (SSSR count). The Balaban J connectivity index is 1.94. The lowest BCUT2D eigenvalue weighted by Gasteiger charge is -2.15. The van der Waals surface area contributed by atoms with Crippen molar-refractivity contribution in [2.45, 2.75) is 17.1 Å². The van der Waals surface area contributed by atoms with E-state index in [1.54, 1.807) is 24.4 Å². The zero-order valence-corrected chi connectivity index (χ0v) is 10.9. The van der Waals surface area contributed by atoms with Gasteiger partial charge >= 0.3 is 0 Å². The van der Waals surface area contributed by atoms with Gasteiger partial charge in [-0.1, -0.05) is 17.7 Å². The molecule has 0 radical (unpaired) electrons. The molecule has 0 bridgehead atoms. The smallest absolute Gasteiger partial charge is 0.186 e. The molecule has 2 aliphatic rings. The predicted molar refractivity (Wildman–Crippen MR) is 70.3 cm³/mol. The number of allylic oxidation sites excluding steroid dienone is 1. The number of fused-ring (bicyclic) bond motifs is 1. The van der Waals surface area contributed by atoms with Gasteiger partial charge in [0.2, 0.25) is 0 Å². The fraction of sp³-hybridized carbons (Fsp3) is 0.308. The van der Waals surface area contributed by atoms with Crippen LogP contribution in [0.3, 0.4) is 0 Å². The summed E-state index contributed by atoms with van der Waals surface area (Å²) in [7, 11) is -3.28. The Hall–Kier alpha value is -1.62. The fourth-order valence-corrected chi connectivity index (χ4v) is 3.82. The van der Waals surface area contributed by atoms with Crippen molar-refractivity contribution in [2.75, 3.05) is 13.2 Å². The summed E-state index contributed by atoms with van der Waals surface area (Å²) < 4.78 is 24.9. The van der Waals surface area contributed by atoms with E-state index in [9.17, 15) is 8.42 Å². The van der Waals surface area contributed by atoms with Gasteiger partial charge in [-0.05, 0) is 25.1 Å². The van der Waals surface area contributed by atoms with E-state index in [1.165, 1.54) is 0 Å². The van der Waals surface area contributed by atoms with Gasteiger partial charge in [-0.15, -0.1) is 0 Å². The molecule has 0 aliphatic carbocycles. The van der Waals surface area contributed by atoms with Crippen molar-refractivity contribution in [3.63, 3.8) is 0 Å². The first-order valence-corrected chi connectivity index (χ1v) is 7.39.